The third-order valence-corrected chi connectivity index (χ3v) is 10.1. The van der Waals surface area contributed by atoms with Gasteiger partial charge < -0.3 is 14.7 Å². The Bertz CT molecular complexity index is 1330. The van der Waals surface area contributed by atoms with Crippen LogP contribution in [0.3, 0.4) is 0 Å². The van der Waals surface area contributed by atoms with Crippen molar-refractivity contribution in [1.82, 2.24) is 4.72 Å². The van der Waals surface area contributed by atoms with Gasteiger partial charge in [-0.15, -0.1) is 0 Å². The maximum Gasteiger partial charge on any atom is 0.264 e. The summed E-state index contributed by atoms with van der Waals surface area (Å²) in [6.45, 7) is 3.40. The molecule has 1 amide bonds. The number of nitrogens with one attached hydrogen (secondary N) is 1. The third-order valence-electron chi connectivity index (χ3n) is 8.17. The second-order valence-electron chi connectivity index (χ2n) is 10.7. The van der Waals surface area contributed by atoms with E-state index >= 15 is 0 Å². The number of ether oxygens (including phenoxy) is 1. The van der Waals surface area contributed by atoms with Crippen LogP contribution in [0.1, 0.15) is 60.5 Å². The summed E-state index contributed by atoms with van der Waals surface area (Å²) < 4.78 is 34.3. The average Bonchev–Trinajstić information content (AvgIpc) is 2.88. The standard InChI is InChI=1S/C29H35ClN2O5S/c1-19-5-4-7-27(33)25-12-9-22(25)17-32-14-3-2-6-20-15-24(30)11-8-23(20)18-37-28-13-10-21(16-26(28)32)29(34)31-38(19,35)36/h4,7-8,10-11,13,15-16,19,22,25,27,33H,2-3,5-6,9,12,14,17-18H2,1H3,(H,31,34)/b7-4+/t19-,22-,25+,27-/m0/s1. The summed E-state index contributed by atoms with van der Waals surface area (Å²) in [7, 11) is -3.90. The Morgan fingerprint density at radius 3 is 2.74 bits per heavy atom. The Morgan fingerprint density at radius 2 is 1.95 bits per heavy atom. The molecule has 204 valence electrons. The fourth-order valence-electron chi connectivity index (χ4n) is 5.60. The number of fused-ring (bicyclic) bond motifs is 3. The lowest BCUT2D eigenvalue weighted by atomic mass is 9.70. The van der Waals surface area contributed by atoms with Gasteiger partial charge in [0.1, 0.15) is 12.4 Å². The number of benzene rings is 2. The lowest BCUT2D eigenvalue weighted by molar-refractivity contribution is 0.0461. The molecule has 0 unspecified atom stereocenters. The van der Waals surface area contributed by atoms with Crippen LogP contribution in [-0.2, 0) is 23.1 Å². The molecule has 2 N–H and O–H groups in total. The van der Waals surface area contributed by atoms with Crippen LogP contribution in [0.2, 0.25) is 5.02 Å². The van der Waals surface area contributed by atoms with E-state index in [0.717, 1.165) is 56.4 Å². The molecule has 0 spiro atoms. The van der Waals surface area contributed by atoms with Gasteiger partial charge in [0.2, 0.25) is 10.0 Å². The Kier molecular flexibility index (Phi) is 8.03. The van der Waals surface area contributed by atoms with E-state index in [1.807, 2.05) is 18.2 Å². The number of hydrogen-bond donors (Lipinski definition) is 2. The number of anilines is 1. The van der Waals surface area contributed by atoms with E-state index in [-0.39, 0.29) is 23.8 Å². The van der Waals surface area contributed by atoms with E-state index in [0.29, 0.717) is 17.4 Å². The van der Waals surface area contributed by atoms with Crippen molar-refractivity contribution in [2.75, 3.05) is 18.0 Å². The van der Waals surface area contributed by atoms with Gasteiger partial charge in [0.05, 0.1) is 17.0 Å². The highest BCUT2D eigenvalue weighted by Gasteiger charge is 2.37. The summed E-state index contributed by atoms with van der Waals surface area (Å²) in [6, 6.07) is 11.0. The molecule has 3 aliphatic rings. The molecule has 7 nitrogen and oxygen atoms in total. The second kappa shape index (κ2) is 11.3. The molecule has 9 heteroatoms. The van der Waals surface area contributed by atoms with Crippen LogP contribution in [0.15, 0.2) is 48.6 Å². The number of carbonyl (C=O) groups is 1. The van der Waals surface area contributed by atoms with Crippen molar-refractivity contribution in [3.63, 3.8) is 0 Å². The largest absolute Gasteiger partial charge is 0.487 e. The van der Waals surface area contributed by atoms with Gasteiger partial charge in [0.15, 0.2) is 0 Å². The Hall–Kier alpha value is -2.55. The van der Waals surface area contributed by atoms with E-state index in [2.05, 4.69) is 9.62 Å². The summed E-state index contributed by atoms with van der Waals surface area (Å²) >= 11 is 6.27. The molecule has 2 heterocycles. The minimum Gasteiger partial charge on any atom is -0.487 e. The number of halogens is 1. The first kappa shape index (κ1) is 27.0. The number of sulfonamides is 1. The highest BCUT2D eigenvalue weighted by Crippen LogP contribution is 2.41. The van der Waals surface area contributed by atoms with Crippen LogP contribution in [0.4, 0.5) is 5.69 Å². The number of aryl methyl sites for hydroxylation is 1. The number of rotatable bonds is 0. The smallest absolute Gasteiger partial charge is 0.264 e. The zero-order valence-electron chi connectivity index (χ0n) is 21.6. The summed E-state index contributed by atoms with van der Waals surface area (Å²) in [5.41, 5.74) is 3.28. The van der Waals surface area contributed by atoms with Crippen molar-refractivity contribution >= 4 is 33.2 Å². The first-order valence-electron chi connectivity index (χ1n) is 13.4. The number of amides is 1. The SMILES string of the molecule is C[C@H]1C/C=C/[C@H](O)[C@@H]2CC[C@H]2CN2CCCCc3cc(Cl)ccc3COc3ccc(cc32)C(=O)NS1(=O)=O. The van der Waals surface area contributed by atoms with Crippen LogP contribution < -0.4 is 14.4 Å². The minimum absolute atomic E-state index is 0.111. The predicted molar refractivity (Wildman–Crippen MR) is 149 cm³/mol. The number of nitrogens with zero attached hydrogens (tertiary/aromatic N) is 1. The number of aliphatic hydroxyl groups excluding tert-OH is 1. The van der Waals surface area contributed by atoms with Crippen LogP contribution in [0.25, 0.3) is 0 Å². The molecule has 1 aliphatic carbocycles. The average molecular weight is 559 g/mol. The summed E-state index contributed by atoms with van der Waals surface area (Å²) in [6.07, 6.45) is 7.74. The molecule has 1 fully saturated rings. The van der Waals surface area contributed by atoms with Gasteiger partial charge in [-0.3, -0.25) is 4.79 Å². The van der Waals surface area contributed by atoms with Crippen LogP contribution in [-0.4, -0.2) is 43.9 Å². The van der Waals surface area contributed by atoms with Gasteiger partial charge in [-0.2, -0.15) is 0 Å². The molecule has 38 heavy (non-hydrogen) atoms. The first-order valence-corrected chi connectivity index (χ1v) is 15.3. The topological polar surface area (TPSA) is 95.9 Å². The van der Waals surface area contributed by atoms with Crippen molar-refractivity contribution < 1.29 is 23.1 Å². The number of allylic oxidation sites excluding steroid dienone is 1. The van der Waals surface area contributed by atoms with Crippen molar-refractivity contribution in [3.8, 4) is 5.75 Å². The summed E-state index contributed by atoms with van der Waals surface area (Å²) in [5, 5.41) is 10.8. The maximum atomic E-state index is 13.1. The van der Waals surface area contributed by atoms with Crippen LogP contribution >= 0.6 is 11.6 Å². The van der Waals surface area contributed by atoms with Gasteiger partial charge in [0, 0.05) is 23.7 Å². The highest BCUT2D eigenvalue weighted by molar-refractivity contribution is 7.90. The Morgan fingerprint density at radius 1 is 1.11 bits per heavy atom. The minimum atomic E-state index is -3.90. The van der Waals surface area contributed by atoms with Crippen LogP contribution in [0.5, 0.6) is 5.75 Å². The molecular formula is C29H35ClN2O5S. The zero-order chi connectivity index (χ0) is 26.9. The van der Waals surface area contributed by atoms with Crippen molar-refractivity contribution in [1.29, 1.82) is 0 Å². The molecule has 0 radical (unpaired) electrons. The molecule has 5 rings (SSSR count). The zero-order valence-corrected chi connectivity index (χ0v) is 23.2. The van der Waals surface area contributed by atoms with Gasteiger partial charge >= 0.3 is 0 Å². The number of aliphatic hydroxyl groups is 1. The van der Waals surface area contributed by atoms with Crippen molar-refractivity contribution in [2.45, 2.75) is 63.4 Å². The van der Waals surface area contributed by atoms with Gasteiger partial charge in [-0.1, -0.05) is 29.8 Å². The molecule has 0 aromatic heterocycles. The Balaban J connectivity index is 1.54. The van der Waals surface area contributed by atoms with E-state index in [1.165, 1.54) is 5.56 Å². The summed E-state index contributed by atoms with van der Waals surface area (Å²) in [4.78, 5) is 15.3. The molecular weight excluding hydrogens is 524 g/mol. The van der Waals surface area contributed by atoms with E-state index in [9.17, 15) is 18.3 Å². The number of hydrogen-bond acceptors (Lipinski definition) is 6. The van der Waals surface area contributed by atoms with E-state index in [1.54, 1.807) is 37.3 Å². The Labute approximate surface area is 229 Å². The molecule has 2 aliphatic heterocycles. The molecule has 2 aromatic rings. The molecule has 0 saturated heterocycles. The maximum absolute atomic E-state index is 13.1. The van der Waals surface area contributed by atoms with Crippen molar-refractivity contribution in [2.24, 2.45) is 11.8 Å². The van der Waals surface area contributed by atoms with Gasteiger partial charge in [0.25, 0.3) is 5.91 Å². The van der Waals surface area contributed by atoms with Crippen molar-refractivity contribution in [3.05, 3.63) is 70.3 Å². The molecule has 4 atom stereocenters. The quantitative estimate of drug-likeness (QED) is 0.448. The summed E-state index contributed by atoms with van der Waals surface area (Å²) in [5.74, 6) is 0.378. The van der Waals surface area contributed by atoms with Gasteiger partial charge in [-0.25, -0.2) is 13.1 Å². The molecule has 2 aromatic carbocycles. The lowest BCUT2D eigenvalue weighted by Gasteiger charge is -2.42. The third kappa shape index (κ3) is 5.87. The predicted octanol–water partition coefficient (Wildman–Crippen LogP) is 4.86. The van der Waals surface area contributed by atoms with Crippen LogP contribution in [0, 0.1) is 11.8 Å². The first-order chi connectivity index (χ1) is 18.2. The molecule has 2 bridgehead atoms. The van der Waals surface area contributed by atoms with E-state index in [4.69, 9.17) is 16.3 Å². The lowest BCUT2D eigenvalue weighted by Crippen LogP contribution is -2.43. The highest BCUT2D eigenvalue weighted by atomic mass is 35.5. The van der Waals surface area contributed by atoms with E-state index < -0.39 is 27.3 Å². The monoisotopic (exact) mass is 558 g/mol. The van der Waals surface area contributed by atoms with Gasteiger partial charge in [-0.05, 0) is 98.7 Å². The normalized spacial score (nSPS) is 28.5. The second-order valence-corrected chi connectivity index (χ2v) is 13.3. The fourth-order valence-corrected chi connectivity index (χ4v) is 6.74. The fraction of sp³-hybridized carbons (Fsp3) is 0.483. The number of carbonyl (C=O) groups excluding carboxylic acids is 1. The molecule has 1 saturated carbocycles.